The van der Waals surface area contributed by atoms with Gasteiger partial charge >= 0.3 is 0 Å². The molecule has 4 nitrogen and oxygen atoms in total. The third-order valence-corrected chi connectivity index (χ3v) is 3.80. The first kappa shape index (κ1) is 12.9. The topological polar surface area (TPSA) is 63.8 Å². The van der Waals surface area contributed by atoms with E-state index in [4.69, 9.17) is 13.6 Å². The maximum absolute atomic E-state index is 5.86. The van der Waals surface area contributed by atoms with Crippen LogP contribution >= 0.6 is 0 Å². The lowest BCUT2D eigenvalue weighted by atomic mass is 9.96. The minimum atomic E-state index is 0.276. The molecule has 0 spiro atoms. The van der Waals surface area contributed by atoms with E-state index in [1.54, 1.807) is 0 Å². The van der Waals surface area contributed by atoms with Crippen molar-refractivity contribution in [2.24, 2.45) is 0 Å². The third kappa shape index (κ3) is 2.11. The van der Waals surface area contributed by atoms with E-state index >= 15 is 0 Å². The molecule has 1 aliphatic rings. The van der Waals surface area contributed by atoms with Gasteiger partial charge in [-0.1, -0.05) is 41.9 Å². The quantitative estimate of drug-likeness (QED) is 0.554. The van der Waals surface area contributed by atoms with E-state index in [9.17, 15) is 0 Å². The highest BCUT2D eigenvalue weighted by atomic mass is 15.1. The van der Waals surface area contributed by atoms with E-state index in [1.807, 2.05) is 36.4 Å². The maximum Gasteiger partial charge on any atom is 0.222 e. The molecule has 5 heteroatoms. The molecule has 0 amide bonds. The van der Waals surface area contributed by atoms with Crippen molar-refractivity contribution >= 4 is 30.8 Å². The van der Waals surface area contributed by atoms with Gasteiger partial charge in [0.2, 0.25) is 5.95 Å². The Morgan fingerprint density at radius 2 is 1.91 bits per heavy atom. The smallest absolute Gasteiger partial charge is 0.222 e. The summed E-state index contributed by atoms with van der Waals surface area (Å²) in [7, 11) is 5.83. The average Bonchev–Trinajstić information content (AvgIpc) is 2.85. The molecule has 104 valence electrons. The van der Waals surface area contributed by atoms with Gasteiger partial charge in [-0.2, -0.15) is 4.98 Å². The van der Waals surface area contributed by atoms with Gasteiger partial charge in [0.25, 0.3) is 0 Å². The van der Waals surface area contributed by atoms with Gasteiger partial charge in [-0.3, -0.25) is 0 Å². The first-order chi connectivity index (χ1) is 10.7. The number of benzene rings is 2. The maximum atomic E-state index is 5.86. The molecule has 0 unspecified atom stereocenters. The predicted octanol–water partition coefficient (Wildman–Crippen LogP) is 2.17. The second-order valence-electron chi connectivity index (χ2n) is 5.34. The van der Waals surface area contributed by atoms with Crippen LogP contribution in [0, 0.1) is 0 Å². The SMILES string of the molecule is [B]c1cccc(Nc2nc(N)nc3c2-c2ccccc2C3)c1. The molecule has 0 aliphatic heterocycles. The predicted molar refractivity (Wildman–Crippen MR) is 89.8 cm³/mol. The average molecular weight is 284 g/mol. The summed E-state index contributed by atoms with van der Waals surface area (Å²) in [5.41, 5.74) is 11.8. The van der Waals surface area contributed by atoms with Gasteiger partial charge in [-0.25, -0.2) is 4.98 Å². The number of nitrogens with one attached hydrogen (secondary N) is 1. The van der Waals surface area contributed by atoms with E-state index < -0.39 is 0 Å². The second-order valence-corrected chi connectivity index (χ2v) is 5.34. The third-order valence-electron chi connectivity index (χ3n) is 3.80. The van der Waals surface area contributed by atoms with Crippen LogP contribution in [0.2, 0.25) is 0 Å². The van der Waals surface area contributed by atoms with Gasteiger partial charge in [0.05, 0.1) is 5.69 Å². The monoisotopic (exact) mass is 284 g/mol. The molecule has 22 heavy (non-hydrogen) atoms. The molecular weight excluding hydrogens is 271 g/mol. The van der Waals surface area contributed by atoms with Crippen molar-refractivity contribution in [1.82, 2.24) is 9.97 Å². The van der Waals surface area contributed by atoms with E-state index in [2.05, 4.69) is 27.4 Å². The molecule has 0 atom stereocenters. The standard InChI is InChI=1S/C17H13BN4/c18-11-5-3-6-12(9-11)20-16-15-13-7-2-1-4-10(13)8-14(15)21-17(19)22-16/h1-7,9H,8H2,(H3,19,20,21,22). The summed E-state index contributed by atoms with van der Waals surface area (Å²) >= 11 is 0. The fourth-order valence-corrected chi connectivity index (χ4v) is 2.88. The van der Waals surface area contributed by atoms with Gasteiger partial charge in [0.1, 0.15) is 13.7 Å². The first-order valence-electron chi connectivity index (χ1n) is 7.08. The van der Waals surface area contributed by atoms with Crippen molar-refractivity contribution in [3.8, 4) is 11.1 Å². The summed E-state index contributed by atoms with van der Waals surface area (Å²) in [6.07, 6.45) is 0.782. The molecule has 2 aromatic carbocycles. The van der Waals surface area contributed by atoms with E-state index in [0.717, 1.165) is 34.7 Å². The summed E-state index contributed by atoms with van der Waals surface area (Å²) in [4.78, 5) is 8.77. The van der Waals surface area contributed by atoms with Crippen molar-refractivity contribution in [3.63, 3.8) is 0 Å². The lowest BCUT2D eigenvalue weighted by Gasteiger charge is -2.12. The zero-order valence-electron chi connectivity index (χ0n) is 11.9. The summed E-state index contributed by atoms with van der Waals surface area (Å²) < 4.78 is 0. The number of nitrogens with two attached hydrogens (primary N) is 1. The van der Waals surface area contributed by atoms with Crippen LogP contribution in [0.3, 0.4) is 0 Å². The number of anilines is 3. The largest absolute Gasteiger partial charge is 0.368 e. The van der Waals surface area contributed by atoms with Crippen molar-refractivity contribution in [2.45, 2.75) is 6.42 Å². The molecule has 3 aromatic rings. The minimum absolute atomic E-state index is 0.276. The van der Waals surface area contributed by atoms with Gasteiger partial charge in [-0.15, -0.1) is 0 Å². The van der Waals surface area contributed by atoms with Crippen molar-refractivity contribution in [3.05, 3.63) is 59.8 Å². The zero-order chi connectivity index (χ0) is 15.1. The number of hydrogen-bond donors (Lipinski definition) is 2. The van der Waals surface area contributed by atoms with Crippen LogP contribution < -0.4 is 16.5 Å². The Morgan fingerprint density at radius 1 is 1.05 bits per heavy atom. The van der Waals surface area contributed by atoms with Gasteiger partial charge < -0.3 is 11.1 Å². The Bertz CT molecular complexity index is 876. The Kier molecular flexibility index (Phi) is 2.86. The Morgan fingerprint density at radius 3 is 2.77 bits per heavy atom. The van der Waals surface area contributed by atoms with Crippen LogP contribution in [-0.2, 0) is 6.42 Å². The van der Waals surface area contributed by atoms with Gasteiger partial charge in [0, 0.05) is 17.7 Å². The molecule has 0 bridgehead atoms. The van der Waals surface area contributed by atoms with Gasteiger partial charge in [-0.05, 0) is 23.3 Å². The summed E-state index contributed by atoms with van der Waals surface area (Å²) in [6, 6.07) is 15.8. The van der Waals surface area contributed by atoms with Crippen LogP contribution in [0.25, 0.3) is 11.1 Å². The lowest BCUT2D eigenvalue weighted by Crippen LogP contribution is -2.06. The number of nitrogen functional groups attached to an aromatic ring is 1. The fourth-order valence-electron chi connectivity index (χ4n) is 2.88. The van der Waals surface area contributed by atoms with E-state index in [-0.39, 0.29) is 5.95 Å². The van der Waals surface area contributed by atoms with Crippen molar-refractivity contribution in [2.75, 3.05) is 11.1 Å². The number of fused-ring (bicyclic) bond motifs is 3. The van der Waals surface area contributed by atoms with E-state index in [0.29, 0.717) is 5.46 Å². The summed E-state index contributed by atoms with van der Waals surface area (Å²) in [6.45, 7) is 0. The molecule has 1 aliphatic carbocycles. The molecule has 0 fully saturated rings. The lowest BCUT2D eigenvalue weighted by molar-refractivity contribution is 1.08. The summed E-state index contributed by atoms with van der Waals surface area (Å²) in [5, 5.41) is 3.32. The molecule has 2 radical (unpaired) electrons. The number of aromatic nitrogens is 2. The first-order valence-corrected chi connectivity index (χ1v) is 7.08. The molecule has 4 rings (SSSR count). The van der Waals surface area contributed by atoms with Crippen LogP contribution in [0.5, 0.6) is 0 Å². The highest BCUT2D eigenvalue weighted by Gasteiger charge is 2.24. The van der Waals surface area contributed by atoms with Crippen LogP contribution in [-0.4, -0.2) is 17.8 Å². The Labute approximate surface area is 129 Å². The highest BCUT2D eigenvalue weighted by Crippen LogP contribution is 2.40. The Hall–Kier alpha value is -2.82. The zero-order valence-corrected chi connectivity index (χ0v) is 11.9. The molecule has 3 N–H and O–H groups in total. The second kappa shape index (κ2) is 4.88. The van der Waals surface area contributed by atoms with Crippen LogP contribution in [0.1, 0.15) is 11.3 Å². The van der Waals surface area contributed by atoms with Crippen LogP contribution in [0.15, 0.2) is 48.5 Å². The van der Waals surface area contributed by atoms with Gasteiger partial charge in [0.15, 0.2) is 0 Å². The highest BCUT2D eigenvalue weighted by molar-refractivity contribution is 6.32. The molecule has 1 aromatic heterocycles. The molecule has 0 saturated carbocycles. The van der Waals surface area contributed by atoms with Crippen molar-refractivity contribution in [1.29, 1.82) is 0 Å². The number of rotatable bonds is 2. The fraction of sp³-hybridized carbons (Fsp3) is 0.0588. The summed E-state index contributed by atoms with van der Waals surface area (Å²) in [5.74, 6) is 0.996. The molecule has 1 heterocycles. The number of nitrogens with zero attached hydrogens (tertiary/aromatic N) is 2. The molecule has 0 saturated heterocycles. The molecular formula is C17H13BN4. The minimum Gasteiger partial charge on any atom is -0.368 e. The Balaban J connectivity index is 1.85. The van der Waals surface area contributed by atoms with E-state index in [1.165, 1.54) is 5.56 Å². The van der Waals surface area contributed by atoms with Crippen molar-refractivity contribution < 1.29 is 0 Å². The normalized spacial score (nSPS) is 11.8. The number of hydrogen-bond acceptors (Lipinski definition) is 4. The van der Waals surface area contributed by atoms with Crippen LogP contribution in [0.4, 0.5) is 17.5 Å².